The fraction of sp³-hybridized carbons (Fsp3) is 0.250. The van der Waals surface area contributed by atoms with Gasteiger partial charge >= 0.3 is 0 Å². The largest absolute Gasteiger partial charge is 0.489 e. The van der Waals surface area contributed by atoms with Gasteiger partial charge < -0.3 is 10.5 Å². The minimum absolute atomic E-state index is 0.616. The first-order valence-electron chi connectivity index (χ1n) is 6.39. The monoisotopic (exact) mass is 239 g/mol. The molecule has 0 bridgehead atoms. The molecule has 0 aliphatic heterocycles. The summed E-state index contributed by atoms with van der Waals surface area (Å²) in [6, 6.07) is 16.2. The maximum atomic E-state index is 5.92. The fourth-order valence-electron chi connectivity index (χ4n) is 2.15. The summed E-state index contributed by atoms with van der Waals surface area (Å²) < 4.78 is 5.92. The summed E-state index contributed by atoms with van der Waals surface area (Å²) in [5.41, 5.74) is 9.13. The first kappa shape index (κ1) is 11.1. The maximum absolute atomic E-state index is 5.92. The molecular weight excluding hydrogens is 222 g/mol. The van der Waals surface area contributed by atoms with Crippen LogP contribution in [0.25, 0.3) is 0 Å². The van der Waals surface area contributed by atoms with Crippen LogP contribution in [0.3, 0.4) is 0 Å². The second kappa shape index (κ2) is 4.73. The number of anilines is 1. The summed E-state index contributed by atoms with van der Waals surface area (Å²) in [6.07, 6.45) is 2.51. The van der Waals surface area contributed by atoms with Gasteiger partial charge in [-0.1, -0.05) is 30.3 Å². The molecule has 1 fully saturated rings. The molecule has 1 aliphatic rings. The van der Waals surface area contributed by atoms with Crippen molar-refractivity contribution in [1.82, 2.24) is 0 Å². The maximum Gasteiger partial charge on any atom is 0.123 e. The van der Waals surface area contributed by atoms with Gasteiger partial charge in [-0.3, -0.25) is 0 Å². The van der Waals surface area contributed by atoms with E-state index in [0.717, 1.165) is 11.4 Å². The number of rotatable bonds is 4. The number of hydrogen-bond acceptors (Lipinski definition) is 2. The second-order valence-corrected chi connectivity index (χ2v) is 4.85. The zero-order chi connectivity index (χ0) is 12.4. The van der Waals surface area contributed by atoms with Crippen LogP contribution in [0, 0.1) is 0 Å². The Morgan fingerprint density at radius 1 is 1.06 bits per heavy atom. The van der Waals surface area contributed by atoms with Gasteiger partial charge in [0.25, 0.3) is 0 Å². The Hall–Kier alpha value is -1.96. The topological polar surface area (TPSA) is 35.2 Å². The average Bonchev–Trinajstić information content (AvgIpc) is 3.23. The summed E-state index contributed by atoms with van der Waals surface area (Å²) in [7, 11) is 0. The molecule has 0 aromatic heterocycles. The highest BCUT2D eigenvalue weighted by atomic mass is 16.5. The Kier molecular flexibility index (Phi) is 2.93. The molecule has 0 atom stereocenters. The lowest BCUT2D eigenvalue weighted by Crippen LogP contribution is -1.99. The number of benzene rings is 2. The predicted molar refractivity (Wildman–Crippen MR) is 73.6 cm³/mol. The Balaban J connectivity index is 1.76. The van der Waals surface area contributed by atoms with Crippen LogP contribution in [0.2, 0.25) is 0 Å². The second-order valence-electron chi connectivity index (χ2n) is 4.85. The molecule has 0 amide bonds. The van der Waals surface area contributed by atoms with Gasteiger partial charge in [0, 0.05) is 5.69 Å². The lowest BCUT2D eigenvalue weighted by Gasteiger charge is -2.11. The molecule has 0 radical (unpaired) electrons. The summed E-state index contributed by atoms with van der Waals surface area (Å²) in [5, 5.41) is 0. The van der Waals surface area contributed by atoms with Crippen molar-refractivity contribution in [2.75, 3.05) is 5.73 Å². The Morgan fingerprint density at radius 3 is 2.56 bits per heavy atom. The molecule has 18 heavy (non-hydrogen) atoms. The molecule has 2 nitrogen and oxygen atoms in total. The number of nitrogen functional groups attached to an aromatic ring is 1. The number of hydrogen-bond donors (Lipinski definition) is 1. The molecular formula is C16H17NO. The highest BCUT2D eigenvalue weighted by Crippen LogP contribution is 2.45. The van der Waals surface area contributed by atoms with Crippen molar-refractivity contribution in [1.29, 1.82) is 0 Å². The Labute approximate surface area is 107 Å². The van der Waals surface area contributed by atoms with Crippen LogP contribution in [0.4, 0.5) is 5.69 Å². The molecule has 2 aromatic carbocycles. The number of ether oxygens (including phenoxy) is 1. The molecule has 2 heteroatoms. The normalized spacial score (nSPS) is 14.4. The molecule has 0 spiro atoms. The highest BCUT2D eigenvalue weighted by Gasteiger charge is 2.26. The van der Waals surface area contributed by atoms with Gasteiger partial charge in [-0.25, -0.2) is 0 Å². The number of nitrogens with two attached hydrogens (primary N) is 1. The van der Waals surface area contributed by atoms with Crippen LogP contribution in [0.1, 0.15) is 29.9 Å². The first-order valence-corrected chi connectivity index (χ1v) is 6.39. The zero-order valence-corrected chi connectivity index (χ0v) is 10.3. The van der Waals surface area contributed by atoms with Gasteiger partial charge in [-0.05, 0) is 48.1 Å². The molecule has 1 aliphatic carbocycles. The van der Waals surface area contributed by atoms with Crippen molar-refractivity contribution in [3.63, 3.8) is 0 Å². The van der Waals surface area contributed by atoms with E-state index in [1.807, 2.05) is 30.3 Å². The summed E-state index contributed by atoms with van der Waals surface area (Å²) in [4.78, 5) is 0. The minimum atomic E-state index is 0.616. The SMILES string of the molecule is Nc1ccc(OCc2ccccc2)c(C2CC2)c1. The third kappa shape index (κ3) is 2.48. The van der Waals surface area contributed by atoms with Crippen LogP contribution < -0.4 is 10.5 Å². The third-order valence-electron chi connectivity index (χ3n) is 3.29. The van der Waals surface area contributed by atoms with E-state index in [0.29, 0.717) is 12.5 Å². The van der Waals surface area contributed by atoms with Gasteiger partial charge in [0.2, 0.25) is 0 Å². The third-order valence-corrected chi connectivity index (χ3v) is 3.29. The first-order chi connectivity index (χ1) is 8.83. The quantitative estimate of drug-likeness (QED) is 0.825. The Bertz CT molecular complexity index is 532. The van der Waals surface area contributed by atoms with E-state index in [9.17, 15) is 0 Å². The van der Waals surface area contributed by atoms with Crippen LogP contribution in [-0.2, 0) is 6.61 Å². The van der Waals surface area contributed by atoms with Crippen LogP contribution in [-0.4, -0.2) is 0 Å². The molecule has 1 saturated carbocycles. The Morgan fingerprint density at radius 2 is 1.83 bits per heavy atom. The lowest BCUT2D eigenvalue weighted by atomic mass is 10.1. The lowest BCUT2D eigenvalue weighted by molar-refractivity contribution is 0.303. The van der Waals surface area contributed by atoms with E-state index < -0.39 is 0 Å². The van der Waals surface area contributed by atoms with Gasteiger partial charge in [0.05, 0.1) is 0 Å². The van der Waals surface area contributed by atoms with E-state index in [-0.39, 0.29) is 0 Å². The van der Waals surface area contributed by atoms with Crippen LogP contribution >= 0.6 is 0 Å². The highest BCUT2D eigenvalue weighted by molar-refractivity contribution is 5.50. The molecule has 2 N–H and O–H groups in total. The van der Waals surface area contributed by atoms with Crippen molar-refractivity contribution in [2.45, 2.75) is 25.4 Å². The molecule has 0 saturated heterocycles. The van der Waals surface area contributed by atoms with E-state index in [4.69, 9.17) is 10.5 Å². The van der Waals surface area contributed by atoms with Gasteiger partial charge in [0.1, 0.15) is 12.4 Å². The van der Waals surface area contributed by atoms with Crippen molar-refractivity contribution in [3.05, 3.63) is 59.7 Å². The fourth-order valence-corrected chi connectivity index (χ4v) is 2.15. The van der Waals surface area contributed by atoms with Crippen molar-refractivity contribution in [3.8, 4) is 5.75 Å². The van der Waals surface area contributed by atoms with Crippen molar-refractivity contribution < 1.29 is 4.74 Å². The summed E-state index contributed by atoms with van der Waals surface area (Å²) in [5.74, 6) is 1.63. The molecule has 2 aromatic rings. The standard InChI is InChI=1S/C16H17NO/c17-14-8-9-16(15(10-14)13-6-7-13)18-11-12-4-2-1-3-5-12/h1-5,8-10,13H,6-7,11,17H2. The van der Waals surface area contributed by atoms with Gasteiger partial charge in [0.15, 0.2) is 0 Å². The zero-order valence-electron chi connectivity index (χ0n) is 10.3. The van der Waals surface area contributed by atoms with E-state index in [1.54, 1.807) is 0 Å². The van der Waals surface area contributed by atoms with Gasteiger partial charge in [-0.2, -0.15) is 0 Å². The average molecular weight is 239 g/mol. The predicted octanol–water partition coefficient (Wildman–Crippen LogP) is 3.73. The molecule has 0 unspecified atom stereocenters. The van der Waals surface area contributed by atoms with Crippen LogP contribution in [0.15, 0.2) is 48.5 Å². The molecule has 3 rings (SSSR count). The minimum Gasteiger partial charge on any atom is -0.489 e. The molecule has 0 heterocycles. The van der Waals surface area contributed by atoms with E-state index in [1.165, 1.54) is 24.0 Å². The van der Waals surface area contributed by atoms with Crippen LogP contribution in [0.5, 0.6) is 5.75 Å². The summed E-state index contributed by atoms with van der Waals surface area (Å²) in [6.45, 7) is 0.616. The molecule has 92 valence electrons. The van der Waals surface area contributed by atoms with Crippen molar-refractivity contribution in [2.24, 2.45) is 0 Å². The van der Waals surface area contributed by atoms with E-state index >= 15 is 0 Å². The summed E-state index contributed by atoms with van der Waals surface area (Å²) >= 11 is 0. The smallest absolute Gasteiger partial charge is 0.123 e. The van der Waals surface area contributed by atoms with Gasteiger partial charge in [-0.15, -0.1) is 0 Å². The van der Waals surface area contributed by atoms with E-state index in [2.05, 4.69) is 18.2 Å². The van der Waals surface area contributed by atoms with Crippen molar-refractivity contribution >= 4 is 5.69 Å².